The summed E-state index contributed by atoms with van der Waals surface area (Å²) in [6, 6.07) is 9.18. The Kier molecular flexibility index (Phi) is 7.00. The van der Waals surface area contributed by atoms with Crippen LogP contribution in [0, 0.1) is 13.8 Å². The van der Waals surface area contributed by atoms with Crippen molar-refractivity contribution in [1.29, 1.82) is 0 Å². The zero-order valence-corrected chi connectivity index (χ0v) is 16.8. The van der Waals surface area contributed by atoms with E-state index in [1.54, 1.807) is 32.0 Å². The fourth-order valence-corrected chi connectivity index (χ4v) is 3.32. The normalized spacial score (nSPS) is 11.0. The van der Waals surface area contributed by atoms with E-state index in [-0.39, 0.29) is 17.2 Å². The molecule has 28 heavy (non-hydrogen) atoms. The van der Waals surface area contributed by atoms with Crippen molar-refractivity contribution in [2.75, 3.05) is 18.5 Å². The zero-order chi connectivity index (χ0) is 20.9. The second-order valence-electron chi connectivity index (χ2n) is 5.93. The van der Waals surface area contributed by atoms with Crippen LogP contribution in [-0.4, -0.2) is 33.5 Å². The summed E-state index contributed by atoms with van der Waals surface area (Å²) >= 11 is 5.84. The number of benzene rings is 2. The quantitative estimate of drug-likeness (QED) is 0.653. The molecule has 0 heterocycles. The van der Waals surface area contributed by atoms with Crippen molar-refractivity contribution < 1.29 is 27.5 Å². The van der Waals surface area contributed by atoms with Crippen molar-refractivity contribution in [1.82, 2.24) is 0 Å². The summed E-state index contributed by atoms with van der Waals surface area (Å²) in [5.74, 6) is -0.903. The third-order valence-corrected chi connectivity index (χ3v) is 4.91. The van der Waals surface area contributed by atoms with Gasteiger partial charge in [-0.2, -0.15) is 0 Å². The molecule has 8 nitrogen and oxygen atoms in total. The summed E-state index contributed by atoms with van der Waals surface area (Å²) in [6.45, 7) is 2.42. The number of amides is 1. The molecule has 10 heteroatoms. The van der Waals surface area contributed by atoms with E-state index in [1.807, 2.05) is 0 Å². The van der Waals surface area contributed by atoms with E-state index >= 15 is 0 Å². The Balaban J connectivity index is 1.86. The summed E-state index contributed by atoms with van der Waals surface area (Å²) in [7, 11) is -3.92. The SMILES string of the molecule is Cc1cc(Cl)ccc1OCC(=O)OCC(=O)Nc1ccc(C)c(S(N)(=O)=O)c1. The van der Waals surface area contributed by atoms with Crippen LogP contribution in [-0.2, 0) is 24.3 Å². The highest BCUT2D eigenvalue weighted by Gasteiger charge is 2.14. The van der Waals surface area contributed by atoms with Gasteiger partial charge in [0.15, 0.2) is 13.2 Å². The number of sulfonamides is 1. The van der Waals surface area contributed by atoms with E-state index < -0.39 is 28.5 Å². The van der Waals surface area contributed by atoms with E-state index in [9.17, 15) is 18.0 Å². The number of hydrogen-bond acceptors (Lipinski definition) is 6. The number of aryl methyl sites for hydroxylation is 2. The second kappa shape index (κ2) is 9.05. The summed E-state index contributed by atoms with van der Waals surface area (Å²) in [4.78, 5) is 23.5. The van der Waals surface area contributed by atoms with Crippen molar-refractivity contribution in [3.8, 4) is 5.75 Å². The zero-order valence-electron chi connectivity index (χ0n) is 15.2. The van der Waals surface area contributed by atoms with Gasteiger partial charge in [-0.05, 0) is 55.3 Å². The van der Waals surface area contributed by atoms with Crippen LogP contribution in [0.1, 0.15) is 11.1 Å². The maximum atomic E-state index is 11.9. The molecule has 0 unspecified atom stereocenters. The number of ether oxygens (including phenoxy) is 2. The maximum Gasteiger partial charge on any atom is 0.344 e. The van der Waals surface area contributed by atoms with E-state index in [4.69, 9.17) is 26.2 Å². The van der Waals surface area contributed by atoms with Crippen LogP contribution in [0.4, 0.5) is 5.69 Å². The number of carbonyl (C=O) groups is 2. The molecule has 0 aliphatic rings. The van der Waals surface area contributed by atoms with Crippen molar-refractivity contribution in [3.05, 3.63) is 52.5 Å². The molecule has 0 aromatic heterocycles. The smallest absolute Gasteiger partial charge is 0.344 e. The summed E-state index contributed by atoms with van der Waals surface area (Å²) in [5, 5.41) is 8.11. The lowest BCUT2D eigenvalue weighted by atomic mass is 10.2. The molecule has 0 atom stereocenters. The molecule has 2 aromatic rings. The molecule has 0 radical (unpaired) electrons. The topological polar surface area (TPSA) is 125 Å². The van der Waals surface area contributed by atoms with Crippen molar-refractivity contribution in [2.24, 2.45) is 5.14 Å². The number of rotatable bonds is 7. The molecule has 0 aliphatic carbocycles. The van der Waals surface area contributed by atoms with Crippen molar-refractivity contribution >= 4 is 39.2 Å². The van der Waals surface area contributed by atoms with Gasteiger partial charge in [0.2, 0.25) is 10.0 Å². The molecule has 0 spiro atoms. The lowest BCUT2D eigenvalue weighted by Gasteiger charge is -2.10. The van der Waals surface area contributed by atoms with Gasteiger partial charge in [-0.1, -0.05) is 17.7 Å². The van der Waals surface area contributed by atoms with Gasteiger partial charge in [0.1, 0.15) is 5.75 Å². The minimum atomic E-state index is -3.92. The van der Waals surface area contributed by atoms with Gasteiger partial charge in [-0.3, -0.25) is 4.79 Å². The summed E-state index contributed by atoms with van der Waals surface area (Å²) in [5.41, 5.74) is 1.41. The fourth-order valence-electron chi connectivity index (χ4n) is 2.28. The molecule has 0 saturated heterocycles. The lowest BCUT2D eigenvalue weighted by molar-refractivity contribution is -0.149. The second-order valence-corrected chi connectivity index (χ2v) is 7.90. The van der Waals surface area contributed by atoms with Gasteiger partial charge in [0, 0.05) is 10.7 Å². The Labute approximate surface area is 167 Å². The molecule has 0 saturated carbocycles. The average Bonchev–Trinajstić information content (AvgIpc) is 2.60. The molecular formula is C18H19ClN2O6S. The Bertz CT molecular complexity index is 1010. The number of halogens is 1. The van der Waals surface area contributed by atoms with Crippen LogP contribution in [0.2, 0.25) is 5.02 Å². The van der Waals surface area contributed by atoms with Gasteiger partial charge in [-0.15, -0.1) is 0 Å². The fraction of sp³-hybridized carbons (Fsp3) is 0.222. The van der Waals surface area contributed by atoms with Gasteiger partial charge in [-0.25, -0.2) is 18.4 Å². The van der Waals surface area contributed by atoms with Gasteiger partial charge < -0.3 is 14.8 Å². The van der Waals surface area contributed by atoms with Crippen molar-refractivity contribution in [2.45, 2.75) is 18.7 Å². The number of esters is 1. The number of carbonyl (C=O) groups excluding carboxylic acids is 2. The van der Waals surface area contributed by atoms with Crippen LogP contribution in [0.15, 0.2) is 41.3 Å². The molecule has 1 amide bonds. The molecule has 0 aliphatic heterocycles. The lowest BCUT2D eigenvalue weighted by Crippen LogP contribution is -2.24. The van der Waals surface area contributed by atoms with E-state index in [2.05, 4.69) is 5.32 Å². The predicted molar refractivity (Wildman–Crippen MR) is 104 cm³/mol. The number of hydrogen-bond donors (Lipinski definition) is 2. The number of nitrogens with two attached hydrogens (primary N) is 1. The Hall–Kier alpha value is -2.62. The average molecular weight is 427 g/mol. The molecule has 150 valence electrons. The molecule has 2 rings (SSSR count). The molecule has 2 aromatic carbocycles. The van der Waals surface area contributed by atoms with Crippen LogP contribution >= 0.6 is 11.6 Å². The Morgan fingerprint density at radius 3 is 2.43 bits per heavy atom. The highest BCUT2D eigenvalue weighted by Crippen LogP contribution is 2.22. The molecular weight excluding hydrogens is 408 g/mol. The Morgan fingerprint density at radius 2 is 1.79 bits per heavy atom. The number of primary sulfonamides is 1. The standard InChI is InChI=1S/C18H19ClN2O6S/c1-11-3-5-14(8-16(11)28(20,24)25)21-17(22)9-27-18(23)10-26-15-6-4-13(19)7-12(15)2/h3-8H,9-10H2,1-2H3,(H,21,22)(H2,20,24,25). The van der Waals surface area contributed by atoms with Crippen LogP contribution in [0.5, 0.6) is 5.75 Å². The summed E-state index contributed by atoms with van der Waals surface area (Å²) in [6.07, 6.45) is 0. The first-order chi connectivity index (χ1) is 13.1. The highest BCUT2D eigenvalue weighted by atomic mass is 35.5. The molecule has 0 fully saturated rings. The van der Waals surface area contributed by atoms with Crippen LogP contribution in [0.3, 0.4) is 0 Å². The Morgan fingerprint density at radius 1 is 1.07 bits per heavy atom. The minimum Gasteiger partial charge on any atom is -0.482 e. The minimum absolute atomic E-state index is 0.103. The third kappa shape index (κ3) is 6.22. The van der Waals surface area contributed by atoms with Crippen molar-refractivity contribution in [3.63, 3.8) is 0 Å². The van der Waals surface area contributed by atoms with Crippen LogP contribution < -0.4 is 15.2 Å². The van der Waals surface area contributed by atoms with Gasteiger partial charge in [0.25, 0.3) is 5.91 Å². The summed E-state index contributed by atoms with van der Waals surface area (Å²) < 4.78 is 33.2. The van der Waals surface area contributed by atoms with E-state index in [0.29, 0.717) is 16.3 Å². The first-order valence-corrected chi connectivity index (χ1v) is 9.96. The monoisotopic (exact) mass is 426 g/mol. The van der Waals surface area contributed by atoms with E-state index in [1.165, 1.54) is 18.2 Å². The number of nitrogens with one attached hydrogen (secondary N) is 1. The first-order valence-electron chi connectivity index (χ1n) is 8.04. The third-order valence-electron chi connectivity index (χ3n) is 3.63. The predicted octanol–water partition coefficient (Wildman–Crippen LogP) is 2.16. The van der Waals surface area contributed by atoms with Crippen LogP contribution in [0.25, 0.3) is 0 Å². The van der Waals surface area contributed by atoms with Gasteiger partial charge in [0.05, 0.1) is 4.90 Å². The molecule has 3 N–H and O–H groups in total. The first kappa shape index (κ1) is 21.7. The molecule has 0 bridgehead atoms. The van der Waals surface area contributed by atoms with Gasteiger partial charge >= 0.3 is 5.97 Å². The maximum absolute atomic E-state index is 11.9. The van der Waals surface area contributed by atoms with E-state index in [0.717, 1.165) is 5.56 Å². The largest absolute Gasteiger partial charge is 0.482 e. The highest BCUT2D eigenvalue weighted by molar-refractivity contribution is 7.89. The number of anilines is 1.